The molecule has 224 valence electrons. The van der Waals surface area contributed by atoms with E-state index in [0.29, 0.717) is 13.0 Å². The van der Waals surface area contributed by atoms with Gasteiger partial charge < -0.3 is 33.7 Å². The Morgan fingerprint density at radius 2 is 1.93 bits per heavy atom. The Hall–Kier alpha value is -3.70. The second-order valence-corrected chi connectivity index (χ2v) is 9.94. The predicted molar refractivity (Wildman–Crippen MR) is 149 cm³/mol. The number of esters is 2. The fourth-order valence-electron chi connectivity index (χ4n) is 4.66. The quantitative estimate of drug-likeness (QED) is 0.298. The van der Waals surface area contributed by atoms with Gasteiger partial charge in [0.15, 0.2) is 23.2 Å². The van der Waals surface area contributed by atoms with E-state index in [1.54, 1.807) is 6.92 Å². The van der Waals surface area contributed by atoms with Crippen LogP contribution in [-0.2, 0) is 35.0 Å². The first-order valence-electron chi connectivity index (χ1n) is 13.8. The van der Waals surface area contributed by atoms with E-state index in [1.807, 2.05) is 37.3 Å². The molecule has 1 aromatic carbocycles. The summed E-state index contributed by atoms with van der Waals surface area (Å²) in [5.41, 5.74) is 0.958. The SMILES string of the molecule is CCCC(C)OC1C(Cc2ccccc2)COCC(NC(=O)c2nccc(OC)c2OCOC(C)=O)C(=O)OC1C. The van der Waals surface area contributed by atoms with E-state index in [0.717, 1.165) is 18.4 Å². The summed E-state index contributed by atoms with van der Waals surface area (Å²) >= 11 is 0. The monoisotopic (exact) mass is 572 g/mol. The fourth-order valence-corrected chi connectivity index (χ4v) is 4.66. The number of carbonyl (C=O) groups is 3. The number of hydrogen-bond acceptors (Lipinski definition) is 10. The summed E-state index contributed by atoms with van der Waals surface area (Å²) in [7, 11) is 1.40. The van der Waals surface area contributed by atoms with Crippen LogP contribution in [0.1, 0.15) is 56.6 Å². The number of nitrogens with zero attached hydrogens (tertiary/aromatic N) is 1. The first kappa shape index (κ1) is 31.8. The normalized spacial score (nSPS) is 21.8. The van der Waals surface area contributed by atoms with Crippen molar-refractivity contribution in [2.75, 3.05) is 27.1 Å². The maximum Gasteiger partial charge on any atom is 0.331 e. The van der Waals surface area contributed by atoms with Crippen molar-refractivity contribution in [3.63, 3.8) is 0 Å². The maximum absolute atomic E-state index is 13.3. The summed E-state index contributed by atoms with van der Waals surface area (Å²) in [5, 5.41) is 2.65. The second-order valence-electron chi connectivity index (χ2n) is 9.94. The van der Waals surface area contributed by atoms with Crippen molar-refractivity contribution in [1.29, 1.82) is 0 Å². The number of cyclic esters (lactones) is 1. The van der Waals surface area contributed by atoms with Gasteiger partial charge in [0.1, 0.15) is 6.10 Å². The van der Waals surface area contributed by atoms with E-state index in [4.69, 9.17) is 28.4 Å². The summed E-state index contributed by atoms with van der Waals surface area (Å²) in [5.74, 6) is -1.88. The Kier molecular flexibility index (Phi) is 12.4. The van der Waals surface area contributed by atoms with Gasteiger partial charge in [-0.05, 0) is 32.3 Å². The molecule has 1 N–H and O–H groups in total. The van der Waals surface area contributed by atoms with Crippen LogP contribution in [0.3, 0.4) is 0 Å². The van der Waals surface area contributed by atoms with Gasteiger partial charge >= 0.3 is 11.9 Å². The van der Waals surface area contributed by atoms with Crippen molar-refractivity contribution in [3.05, 3.63) is 53.9 Å². The maximum atomic E-state index is 13.3. The minimum atomic E-state index is -1.12. The van der Waals surface area contributed by atoms with Crippen molar-refractivity contribution < 1.29 is 42.8 Å². The lowest BCUT2D eigenvalue weighted by Gasteiger charge is -2.33. The highest BCUT2D eigenvalue weighted by Gasteiger charge is 2.37. The molecule has 3 rings (SSSR count). The van der Waals surface area contributed by atoms with Gasteiger partial charge in [-0.15, -0.1) is 0 Å². The summed E-state index contributed by atoms with van der Waals surface area (Å²) in [6, 6.07) is 10.4. The lowest BCUT2D eigenvalue weighted by Crippen LogP contribution is -2.47. The van der Waals surface area contributed by atoms with Crippen molar-refractivity contribution >= 4 is 17.8 Å². The molecule has 0 bridgehead atoms. The highest BCUT2D eigenvalue weighted by molar-refractivity contribution is 5.98. The van der Waals surface area contributed by atoms with Crippen molar-refractivity contribution in [2.24, 2.45) is 5.92 Å². The van der Waals surface area contributed by atoms with Crippen LogP contribution in [0.4, 0.5) is 0 Å². The Labute approximate surface area is 240 Å². The minimum Gasteiger partial charge on any atom is -0.493 e. The minimum absolute atomic E-state index is 0.0368. The molecule has 5 unspecified atom stereocenters. The number of benzene rings is 1. The highest BCUT2D eigenvalue weighted by atomic mass is 16.7. The molecule has 0 saturated carbocycles. The standard InChI is InChI=1S/C30H40N2O9/c1-6-10-19(2)40-27-20(3)41-30(35)24(17-37-16-23(27)15-22-11-8-7-9-12-22)32-29(34)26-28(39-18-38-21(4)33)25(36-5)13-14-31-26/h7-9,11-14,19-20,23-24,27H,6,10,15-18H2,1-5H3,(H,32,34). The van der Waals surface area contributed by atoms with Gasteiger partial charge in [0, 0.05) is 25.1 Å². The number of aromatic nitrogens is 1. The van der Waals surface area contributed by atoms with Crippen LogP contribution in [0, 0.1) is 5.92 Å². The topological polar surface area (TPSA) is 132 Å². The van der Waals surface area contributed by atoms with E-state index >= 15 is 0 Å². The molecule has 0 spiro atoms. The number of ether oxygens (including phenoxy) is 6. The number of amides is 1. The smallest absolute Gasteiger partial charge is 0.331 e. The second kappa shape index (κ2) is 15.9. The third kappa shape index (κ3) is 9.43. The lowest BCUT2D eigenvalue weighted by atomic mass is 9.91. The molecule has 0 radical (unpaired) electrons. The van der Waals surface area contributed by atoms with Gasteiger partial charge in [-0.2, -0.15) is 0 Å². The summed E-state index contributed by atoms with van der Waals surface area (Å²) in [6.45, 7) is 6.85. The molecule has 1 aromatic heterocycles. The number of methoxy groups -OCH3 is 1. The van der Waals surface area contributed by atoms with Crippen molar-refractivity contribution in [2.45, 2.75) is 71.3 Å². The molecule has 1 amide bonds. The Morgan fingerprint density at radius 1 is 1.17 bits per heavy atom. The summed E-state index contributed by atoms with van der Waals surface area (Å²) in [4.78, 5) is 41.8. The number of pyridine rings is 1. The number of rotatable bonds is 12. The molecule has 1 aliphatic heterocycles. The molecule has 41 heavy (non-hydrogen) atoms. The average Bonchev–Trinajstić information content (AvgIpc) is 2.99. The van der Waals surface area contributed by atoms with E-state index in [-0.39, 0.29) is 35.8 Å². The largest absolute Gasteiger partial charge is 0.493 e. The summed E-state index contributed by atoms with van der Waals surface area (Å²) < 4.78 is 33.9. The van der Waals surface area contributed by atoms with Gasteiger partial charge in [-0.25, -0.2) is 9.78 Å². The van der Waals surface area contributed by atoms with Crippen LogP contribution in [0.15, 0.2) is 42.6 Å². The zero-order chi connectivity index (χ0) is 29.8. The van der Waals surface area contributed by atoms with Gasteiger partial charge in [0.2, 0.25) is 6.79 Å². The molecule has 1 fully saturated rings. The molecule has 1 aliphatic rings. The molecule has 2 aromatic rings. The zero-order valence-electron chi connectivity index (χ0n) is 24.3. The van der Waals surface area contributed by atoms with Crippen LogP contribution in [0.2, 0.25) is 0 Å². The third-order valence-corrected chi connectivity index (χ3v) is 6.63. The molecular weight excluding hydrogens is 532 g/mol. The third-order valence-electron chi connectivity index (χ3n) is 6.63. The van der Waals surface area contributed by atoms with E-state index in [1.165, 1.54) is 26.3 Å². The molecule has 11 heteroatoms. The molecule has 0 aliphatic carbocycles. The molecular formula is C30H40N2O9. The van der Waals surface area contributed by atoms with Crippen LogP contribution >= 0.6 is 0 Å². The van der Waals surface area contributed by atoms with E-state index < -0.39 is 42.9 Å². The number of hydrogen-bond donors (Lipinski definition) is 1. The first-order valence-corrected chi connectivity index (χ1v) is 13.8. The fraction of sp³-hybridized carbons (Fsp3) is 0.533. The Morgan fingerprint density at radius 3 is 2.61 bits per heavy atom. The van der Waals surface area contributed by atoms with Crippen molar-refractivity contribution in [3.8, 4) is 11.5 Å². The van der Waals surface area contributed by atoms with Gasteiger partial charge in [0.05, 0.1) is 32.5 Å². The molecule has 2 heterocycles. The highest BCUT2D eigenvalue weighted by Crippen LogP contribution is 2.30. The molecule has 11 nitrogen and oxygen atoms in total. The van der Waals surface area contributed by atoms with E-state index in [9.17, 15) is 14.4 Å². The zero-order valence-corrected chi connectivity index (χ0v) is 24.3. The summed E-state index contributed by atoms with van der Waals surface area (Å²) in [6.07, 6.45) is 2.79. The van der Waals surface area contributed by atoms with Gasteiger partial charge in [0.25, 0.3) is 5.91 Å². The van der Waals surface area contributed by atoms with Gasteiger partial charge in [-0.1, -0.05) is 43.7 Å². The van der Waals surface area contributed by atoms with Crippen LogP contribution in [0.25, 0.3) is 0 Å². The average molecular weight is 573 g/mol. The molecule has 5 atom stereocenters. The molecule has 1 saturated heterocycles. The number of nitrogens with one attached hydrogen (secondary N) is 1. The van der Waals surface area contributed by atoms with Gasteiger partial charge in [-0.3, -0.25) is 9.59 Å². The van der Waals surface area contributed by atoms with Crippen LogP contribution in [0.5, 0.6) is 11.5 Å². The predicted octanol–water partition coefficient (Wildman–Crippen LogP) is 3.48. The Balaban J connectivity index is 1.80. The van der Waals surface area contributed by atoms with Crippen molar-refractivity contribution in [1.82, 2.24) is 10.3 Å². The lowest BCUT2D eigenvalue weighted by molar-refractivity contribution is -0.164. The van der Waals surface area contributed by atoms with E-state index in [2.05, 4.69) is 17.2 Å². The van der Waals surface area contributed by atoms with Crippen LogP contribution < -0.4 is 14.8 Å². The Bertz CT molecular complexity index is 1140. The number of carbonyl (C=O) groups excluding carboxylic acids is 3. The van der Waals surface area contributed by atoms with Crippen LogP contribution in [-0.4, -0.2) is 74.3 Å². The first-order chi connectivity index (χ1) is 19.7.